The summed E-state index contributed by atoms with van der Waals surface area (Å²) in [7, 11) is 0. The molecule has 0 bridgehead atoms. The Bertz CT molecular complexity index is 604. The van der Waals surface area contributed by atoms with Crippen LogP contribution in [0.5, 0.6) is 0 Å². The second-order valence-corrected chi connectivity index (χ2v) is 8.92. The molecule has 136 valence electrons. The third kappa shape index (κ3) is 2.81. The molecule has 2 atom stereocenters. The van der Waals surface area contributed by atoms with E-state index in [1.54, 1.807) is 11.3 Å². The van der Waals surface area contributed by atoms with E-state index >= 15 is 0 Å². The molecule has 0 aromatic heterocycles. The maximum atomic E-state index is 3.69. The standard InChI is InChI=1S/C23H34N2/c1-2-5-9-17(8-4-1)19-12-11-18-10-6-3-7-15-25-21-16-24-14-13-20(21)22(19)23(18)25/h3,7,17,19,21,24H,1-2,4-6,8-16H2/t19-,21-/m0/s1. The molecule has 2 nitrogen and oxygen atoms in total. The average molecular weight is 339 g/mol. The second-order valence-electron chi connectivity index (χ2n) is 8.92. The zero-order valence-corrected chi connectivity index (χ0v) is 15.7. The fourth-order valence-corrected chi connectivity index (χ4v) is 6.44. The van der Waals surface area contributed by atoms with Crippen molar-refractivity contribution in [2.24, 2.45) is 11.8 Å². The predicted molar refractivity (Wildman–Crippen MR) is 104 cm³/mol. The SMILES string of the molecule is C1=CCN2C3=C(CC1)CC[C@@H](C1CCCCCC1)C3=C1CCNC[C@@H]12. The summed E-state index contributed by atoms with van der Waals surface area (Å²) in [6.07, 6.45) is 20.4. The van der Waals surface area contributed by atoms with Crippen LogP contribution in [0.4, 0.5) is 0 Å². The summed E-state index contributed by atoms with van der Waals surface area (Å²) in [6.45, 7) is 3.50. The number of hydrogen-bond donors (Lipinski definition) is 1. The summed E-state index contributed by atoms with van der Waals surface area (Å²) >= 11 is 0. The van der Waals surface area contributed by atoms with Gasteiger partial charge in [-0.2, -0.15) is 0 Å². The Morgan fingerprint density at radius 3 is 2.68 bits per heavy atom. The Labute approximate surface area is 153 Å². The normalized spacial score (nSPS) is 33.7. The van der Waals surface area contributed by atoms with Gasteiger partial charge in [-0.25, -0.2) is 0 Å². The molecule has 1 saturated carbocycles. The highest BCUT2D eigenvalue weighted by Crippen LogP contribution is 2.52. The van der Waals surface area contributed by atoms with Crippen molar-refractivity contribution in [3.8, 4) is 0 Å². The van der Waals surface area contributed by atoms with E-state index in [2.05, 4.69) is 22.4 Å². The van der Waals surface area contributed by atoms with E-state index < -0.39 is 0 Å². The van der Waals surface area contributed by atoms with Crippen molar-refractivity contribution >= 4 is 0 Å². The number of fused-ring (bicyclic) bond motifs is 2. The van der Waals surface area contributed by atoms with Crippen molar-refractivity contribution < 1.29 is 0 Å². The van der Waals surface area contributed by atoms with E-state index in [0.717, 1.165) is 18.4 Å². The highest BCUT2D eigenvalue weighted by atomic mass is 15.2. The molecular formula is C23H34N2. The molecule has 5 rings (SSSR count). The van der Waals surface area contributed by atoms with Crippen LogP contribution >= 0.6 is 0 Å². The molecule has 2 aliphatic carbocycles. The van der Waals surface area contributed by atoms with Crippen LogP contribution in [0.25, 0.3) is 0 Å². The van der Waals surface area contributed by atoms with E-state index in [0.29, 0.717) is 6.04 Å². The van der Waals surface area contributed by atoms with Crippen LogP contribution in [-0.2, 0) is 0 Å². The van der Waals surface area contributed by atoms with Crippen LogP contribution in [0, 0.1) is 11.8 Å². The van der Waals surface area contributed by atoms with Crippen molar-refractivity contribution in [3.63, 3.8) is 0 Å². The van der Waals surface area contributed by atoms with E-state index in [9.17, 15) is 0 Å². The molecule has 5 aliphatic rings. The Morgan fingerprint density at radius 2 is 1.80 bits per heavy atom. The van der Waals surface area contributed by atoms with Gasteiger partial charge in [0.15, 0.2) is 0 Å². The first-order valence-corrected chi connectivity index (χ1v) is 11.0. The van der Waals surface area contributed by atoms with Gasteiger partial charge in [0.1, 0.15) is 0 Å². The number of nitrogens with one attached hydrogen (secondary N) is 1. The van der Waals surface area contributed by atoms with Crippen LogP contribution in [0.2, 0.25) is 0 Å². The highest BCUT2D eigenvalue weighted by molar-refractivity contribution is 5.51. The molecule has 0 amide bonds. The van der Waals surface area contributed by atoms with Crippen molar-refractivity contribution in [3.05, 3.63) is 34.6 Å². The van der Waals surface area contributed by atoms with E-state index in [4.69, 9.17) is 0 Å². The van der Waals surface area contributed by atoms with E-state index in [1.807, 2.05) is 11.1 Å². The zero-order chi connectivity index (χ0) is 16.6. The minimum absolute atomic E-state index is 0.655. The Hall–Kier alpha value is -1.02. The van der Waals surface area contributed by atoms with Gasteiger partial charge in [-0.05, 0) is 80.0 Å². The van der Waals surface area contributed by atoms with Crippen LogP contribution in [0.1, 0.15) is 70.6 Å². The average Bonchev–Trinajstić information content (AvgIpc) is 2.78. The van der Waals surface area contributed by atoms with Crippen molar-refractivity contribution in [1.82, 2.24) is 10.2 Å². The number of rotatable bonds is 1. The number of hydrogen-bond acceptors (Lipinski definition) is 2. The fraction of sp³-hybridized carbons (Fsp3) is 0.739. The first kappa shape index (κ1) is 16.2. The lowest BCUT2D eigenvalue weighted by atomic mass is 9.71. The smallest absolute Gasteiger partial charge is 0.0637 e. The van der Waals surface area contributed by atoms with Crippen LogP contribution in [0.3, 0.4) is 0 Å². The maximum absolute atomic E-state index is 3.69. The van der Waals surface area contributed by atoms with Gasteiger partial charge in [-0.1, -0.05) is 37.8 Å². The monoisotopic (exact) mass is 338 g/mol. The molecule has 25 heavy (non-hydrogen) atoms. The van der Waals surface area contributed by atoms with E-state index in [1.165, 1.54) is 83.7 Å². The van der Waals surface area contributed by atoms with Crippen molar-refractivity contribution in [2.45, 2.75) is 76.7 Å². The minimum Gasteiger partial charge on any atom is -0.360 e. The predicted octanol–water partition coefficient (Wildman–Crippen LogP) is 4.95. The quantitative estimate of drug-likeness (QED) is 0.538. The lowest BCUT2D eigenvalue weighted by Gasteiger charge is -2.38. The fourth-order valence-electron chi connectivity index (χ4n) is 6.44. The summed E-state index contributed by atoms with van der Waals surface area (Å²) in [5, 5.41) is 3.69. The van der Waals surface area contributed by atoms with Gasteiger partial charge in [0, 0.05) is 18.8 Å². The molecule has 0 aromatic rings. The van der Waals surface area contributed by atoms with Crippen molar-refractivity contribution in [1.29, 1.82) is 0 Å². The van der Waals surface area contributed by atoms with Gasteiger partial charge >= 0.3 is 0 Å². The van der Waals surface area contributed by atoms with Crippen molar-refractivity contribution in [2.75, 3.05) is 19.6 Å². The highest BCUT2D eigenvalue weighted by Gasteiger charge is 2.44. The molecule has 0 spiro atoms. The molecule has 2 fully saturated rings. The molecule has 1 saturated heterocycles. The number of piperidine rings is 1. The molecular weight excluding hydrogens is 304 g/mol. The summed E-state index contributed by atoms with van der Waals surface area (Å²) in [5.74, 6) is 1.84. The molecule has 3 aliphatic heterocycles. The van der Waals surface area contributed by atoms with Crippen LogP contribution in [-0.4, -0.2) is 30.6 Å². The van der Waals surface area contributed by atoms with Gasteiger partial charge < -0.3 is 10.2 Å². The molecule has 0 aromatic carbocycles. The first-order valence-electron chi connectivity index (χ1n) is 11.0. The summed E-state index contributed by atoms with van der Waals surface area (Å²) < 4.78 is 0. The molecule has 3 heterocycles. The third-order valence-corrected chi connectivity index (χ3v) is 7.59. The summed E-state index contributed by atoms with van der Waals surface area (Å²) in [4.78, 5) is 2.80. The molecule has 1 N–H and O–H groups in total. The van der Waals surface area contributed by atoms with E-state index in [-0.39, 0.29) is 0 Å². The maximum Gasteiger partial charge on any atom is 0.0637 e. The lowest BCUT2D eigenvalue weighted by Crippen LogP contribution is -2.43. The van der Waals surface area contributed by atoms with Gasteiger partial charge in [0.2, 0.25) is 0 Å². The summed E-state index contributed by atoms with van der Waals surface area (Å²) in [5.41, 5.74) is 7.25. The first-order chi connectivity index (χ1) is 12.4. The van der Waals surface area contributed by atoms with Crippen LogP contribution in [0.15, 0.2) is 34.6 Å². The van der Waals surface area contributed by atoms with Crippen LogP contribution < -0.4 is 5.32 Å². The topological polar surface area (TPSA) is 15.3 Å². The van der Waals surface area contributed by atoms with Gasteiger partial charge in [0.05, 0.1) is 6.04 Å². The summed E-state index contributed by atoms with van der Waals surface area (Å²) in [6, 6.07) is 0.655. The Balaban J connectivity index is 1.56. The Morgan fingerprint density at radius 1 is 0.920 bits per heavy atom. The lowest BCUT2D eigenvalue weighted by molar-refractivity contribution is 0.282. The Kier molecular flexibility index (Phi) is 4.49. The molecule has 2 heteroatoms. The second kappa shape index (κ2) is 6.95. The molecule has 0 unspecified atom stereocenters. The van der Waals surface area contributed by atoms with Gasteiger partial charge in [-0.3, -0.25) is 0 Å². The molecule has 0 radical (unpaired) electrons. The number of allylic oxidation sites excluding steroid dienone is 3. The zero-order valence-electron chi connectivity index (χ0n) is 15.7. The number of nitrogens with zero attached hydrogens (tertiary/aromatic N) is 1. The minimum atomic E-state index is 0.655. The van der Waals surface area contributed by atoms with Gasteiger partial charge in [0.25, 0.3) is 0 Å². The van der Waals surface area contributed by atoms with Gasteiger partial charge in [-0.15, -0.1) is 0 Å². The third-order valence-electron chi connectivity index (χ3n) is 7.59. The largest absolute Gasteiger partial charge is 0.360 e.